The van der Waals surface area contributed by atoms with Crippen molar-refractivity contribution >= 4 is 17.7 Å². The SMILES string of the molecule is CO[C@H]1C(=O)[C@@]2(C)[C@H]([C@H](OC(=O)c3ccccc3)[C@]3(O)C[C@H](O)C(C)=C1C3(C)C)[C@]1(OC(C)=O)CO[C@@H]1C[C@@H]2O. The van der Waals surface area contributed by atoms with Crippen LogP contribution < -0.4 is 0 Å². The van der Waals surface area contributed by atoms with Crippen LogP contribution in [0.25, 0.3) is 0 Å². The van der Waals surface area contributed by atoms with Crippen molar-refractivity contribution in [1.82, 2.24) is 0 Å². The number of fused-ring (bicyclic) bond motifs is 5. The summed E-state index contributed by atoms with van der Waals surface area (Å²) in [5.41, 5.74) is -5.43. The number of methoxy groups -OCH3 is 1. The normalized spacial score (nSPS) is 42.0. The predicted molar refractivity (Wildman–Crippen MR) is 140 cm³/mol. The molecule has 0 unspecified atom stereocenters. The number of aliphatic hydroxyl groups excluding tert-OH is 2. The van der Waals surface area contributed by atoms with E-state index < -0.39 is 76.2 Å². The van der Waals surface area contributed by atoms with Crippen molar-refractivity contribution in [3.05, 3.63) is 47.0 Å². The largest absolute Gasteiger partial charge is 0.455 e. The number of benzene rings is 1. The highest BCUT2D eigenvalue weighted by Crippen LogP contribution is 2.64. The summed E-state index contributed by atoms with van der Waals surface area (Å²) in [7, 11) is 1.36. The highest BCUT2D eigenvalue weighted by atomic mass is 16.6. The fraction of sp³-hybridized carbons (Fsp3) is 0.633. The first-order chi connectivity index (χ1) is 18.7. The molecule has 3 N–H and O–H groups in total. The first kappa shape index (κ1) is 28.9. The number of ether oxygens (including phenoxy) is 4. The molecule has 0 amide bonds. The third-order valence-electron chi connectivity index (χ3n) is 10.2. The van der Waals surface area contributed by atoms with Crippen molar-refractivity contribution in [3.63, 3.8) is 0 Å². The first-order valence-corrected chi connectivity index (χ1v) is 13.6. The van der Waals surface area contributed by atoms with Gasteiger partial charge < -0.3 is 34.3 Å². The summed E-state index contributed by atoms with van der Waals surface area (Å²) >= 11 is 0. The average molecular weight is 559 g/mol. The van der Waals surface area contributed by atoms with Crippen molar-refractivity contribution in [2.75, 3.05) is 13.7 Å². The van der Waals surface area contributed by atoms with Gasteiger partial charge in [-0.05, 0) is 37.1 Å². The van der Waals surface area contributed by atoms with Crippen LogP contribution in [0.2, 0.25) is 0 Å². The van der Waals surface area contributed by atoms with Gasteiger partial charge in [-0.15, -0.1) is 0 Å². The second kappa shape index (κ2) is 9.46. The highest BCUT2D eigenvalue weighted by Gasteiger charge is 2.77. The van der Waals surface area contributed by atoms with Gasteiger partial charge in [0.1, 0.15) is 23.9 Å². The highest BCUT2D eigenvalue weighted by molar-refractivity contribution is 5.94. The van der Waals surface area contributed by atoms with Crippen molar-refractivity contribution < 1.29 is 48.7 Å². The molecule has 0 spiro atoms. The Bertz CT molecular complexity index is 1260. The summed E-state index contributed by atoms with van der Waals surface area (Å²) in [5, 5.41) is 35.6. The average Bonchev–Trinajstić information content (AvgIpc) is 2.89. The molecule has 0 aromatic heterocycles. The van der Waals surface area contributed by atoms with E-state index in [4.69, 9.17) is 18.9 Å². The Hall–Kier alpha value is -2.63. The summed E-state index contributed by atoms with van der Waals surface area (Å²) in [5.74, 6) is -3.20. The minimum Gasteiger partial charge on any atom is -0.455 e. The van der Waals surface area contributed by atoms with E-state index in [0.717, 1.165) is 0 Å². The number of hydrogen-bond acceptors (Lipinski definition) is 10. The van der Waals surface area contributed by atoms with E-state index in [1.807, 2.05) is 0 Å². The van der Waals surface area contributed by atoms with E-state index >= 15 is 0 Å². The third-order valence-corrected chi connectivity index (χ3v) is 10.2. The molecule has 10 nitrogen and oxygen atoms in total. The molecular weight excluding hydrogens is 520 g/mol. The van der Waals surface area contributed by atoms with Gasteiger partial charge in [0, 0.05) is 32.3 Å². The molecule has 2 saturated carbocycles. The van der Waals surface area contributed by atoms with Crippen LogP contribution in [0.5, 0.6) is 0 Å². The summed E-state index contributed by atoms with van der Waals surface area (Å²) in [4.78, 5) is 40.8. The molecule has 2 bridgehead atoms. The first-order valence-electron chi connectivity index (χ1n) is 13.6. The Morgan fingerprint density at radius 2 is 1.75 bits per heavy atom. The number of hydrogen-bond donors (Lipinski definition) is 3. The maximum absolute atomic E-state index is 14.6. The quantitative estimate of drug-likeness (QED) is 0.369. The molecule has 1 saturated heterocycles. The van der Waals surface area contributed by atoms with Crippen LogP contribution in [0.4, 0.5) is 0 Å². The second-order valence-corrected chi connectivity index (χ2v) is 12.4. The molecule has 4 aliphatic rings. The topological polar surface area (TPSA) is 149 Å². The zero-order valence-electron chi connectivity index (χ0n) is 23.7. The van der Waals surface area contributed by atoms with Gasteiger partial charge >= 0.3 is 11.9 Å². The number of esters is 2. The summed E-state index contributed by atoms with van der Waals surface area (Å²) in [6, 6.07) is 8.19. The molecule has 9 atom stereocenters. The zero-order valence-corrected chi connectivity index (χ0v) is 23.7. The number of Topliss-reactive ketones (excluding diaryl/α,β-unsaturated/α-hetero) is 1. The van der Waals surface area contributed by atoms with Crippen LogP contribution in [0.3, 0.4) is 0 Å². The van der Waals surface area contributed by atoms with Crippen molar-refractivity contribution in [3.8, 4) is 0 Å². The fourth-order valence-corrected chi connectivity index (χ4v) is 7.85. The molecule has 0 radical (unpaired) electrons. The van der Waals surface area contributed by atoms with Crippen molar-refractivity contribution in [2.45, 2.75) is 89.2 Å². The maximum Gasteiger partial charge on any atom is 0.338 e. The molecule has 218 valence electrons. The van der Waals surface area contributed by atoms with Crippen LogP contribution in [0.15, 0.2) is 41.5 Å². The van der Waals surface area contributed by atoms with Gasteiger partial charge in [0.25, 0.3) is 0 Å². The van der Waals surface area contributed by atoms with E-state index in [9.17, 15) is 29.7 Å². The second-order valence-electron chi connectivity index (χ2n) is 12.4. The van der Waals surface area contributed by atoms with E-state index in [1.54, 1.807) is 58.0 Å². The van der Waals surface area contributed by atoms with Crippen LogP contribution in [0.1, 0.15) is 57.8 Å². The maximum atomic E-state index is 14.6. The van der Waals surface area contributed by atoms with E-state index in [0.29, 0.717) is 11.1 Å². The fourth-order valence-electron chi connectivity index (χ4n) is 7.85. The molecule has 1 aliphatic heterocycles. The molecule has 3 fully saturated rings. The molecule has 1 heterocycles. The molecule has 40 heavy (non-hydrogen) atoms. The van der Waals surface area contributed by atoms with Gasteiger partial charge in [0.2, 0.25) is 0 Å². The molecule has 1 aromatic carbocycles. The minimum atomic E-state index is -1.99. The van der Waals surface area contributed by atoms with Gasteiger partial charge in [0.15, 0.2) is 11.4 Å². The van der Waals surface area contributed by atoms with Crippen LogP contribution >= 0.6 is 0 Å². The predicted octanol–water partition coefficient (Wildman–Crippen LogP) is 1.74. The molecule has 10 heteroatoms. The number of aliphatic hydroxyl groups is 3. The summed E-state index contributed by atoms with van der Waals surface area (Å²) in [6.45, 7) is 7.76. The van der Waals surface area contributed by atoms with Crippen molar-refractivity contribution in [2.24, 2.45) is 16.7 Å². The Morgan fingerprint density at radius 3 is 2.30 bits per heavy atom. The third kappa shape index (κ3) is 3.69. The monoisotopic (exact) mass is 558 g/mol. The van der Waals surface area contributed by atoms with E-state index in [1.165, 1.54) is 14.0 Å². The number of rotatable bonds is 4. The smallest absolute Gasteiger partial charge is 0.338 e. The Morgan fingerprint density at radius 1 is 1.10 bits per heavy atom. The number of carbonyl (C=O) groups is 3. The minimum absolute atomic E-state index is 0.0235. The Balaban J connectivity index is 1.83. The lowest BCUT2D eigenvalue weighted by atomic mass is 9.44. The molecule has 1 aromatic rings. The summed E-state index contributed by atoms with van der Waals surface area (Å²) < 4.78 is 23.7. The standard InChI is InChI=1S/C30H38O10/c1-15-18(32)13-30(36)25(39-26(35)17-10-8-7-9-11-17)23-28(5,24(34)22(37-6)21(15)27(30,3)4)19(33)12-20-29(23,14-38-20)40-16(2)31/h7-11,18-20,22-23,25,32-33,36H,12-14H2,1-6H3/t18-,19-,20+,22+,23-,25-,28+,29-,30+/m0/s1. The number of carbonyl (C=O) groups excluding carboxylic acids is 3. The van der Waals surface area contributed by atoms with Crippen molar-refractivity contribution in [1.29, 1.82) is 0 Å². The molecule has 5 rings (SSSR count). The van der Waals surface area contributed by atoms with Gasteiger partial charge in [-0.25, -0.2) is 4.79 Å². The van der Waals surface area contributed by atoms with Gasteiger partial charge in [-0.2, -0.15) is 0 Å². The lowest BCUT2D eigenvalue weighted by Crippen LogP contribution is -2.81. The van der Waals surface area contributed by atoms with Gasteiger partial charge in [-0.3, -0.25) is 9.59 Å². The summed E-state index contributed by atoms with van der Waals surface area (Å²) in [6.07, 6.45) is -6.33. The van der Waals surface area contributed by atoms with Crippen LogP contribution in [0, 0.1) is 16.7 Å². The van der Waals surface area contributed by atoms with E-state index in [2.05, 4.69) is 0 Å². The van der Waals surface area contributed by atoms with Gasteiger partial charge in [-0.1, -0.05) is 32.0 Å². The molecular formula is C30H38O10. The Kier molecular flexibility index (Phi) is 6.83. The lowest BCUT2D eigenvalue weighted by Gasteiger charge is -2.67. The van der Waals surface area contributed by atoms with Gasteiger partial charge in [0.05, 0.1) is 35.7 Å². The van der Waals surface area contributed by atoms with Crippen LogP contribution in [-0.4, -0.2) is 88.5 Å². The molecule has 3 aliphatic carbocycles. The number of ketones is 1. The zero-order chi connectivity index (χ0) is 29.4. The van der Waals surface area contributed by atoms with E-state index in [-0.39, 0.29) is 25.0 Å². The van der Waals surface area contributed by atoms with Crippen LogP contribution in [-0.2, 0) is 28.5 Å². The lowest BCUT2D eigenvalue weighted by molar-refractivity contribution is -0.346. The Labute approximate surface area is 233 Å².